The Hall–Kier alpha value is -3.59. The molecule has 0 saturated carbocycles. The van der Waals surface area contributed by atoms with E-state index in [-0.39, 0.29) is 22.6 Å². The van der Waals surface area contributed by atoms with E-state index in [2.05, 4.69) is 23.7 Å². The minimum absolute atomic E-state index is 0.0543. The summed E-state index contributed by atoms with van der Waals surface area (Å²) in [6.45, 7) is 7.47. The van der Waals surface area contributed by atoms with Crippen molar-refractivity contribution in [2.75, 3.05) is 26.2 Å². The molecule has 0 radical (unpaired) electrons. The molecule has 1 aliphatic heterocycles. The van der Waals surface area contributed by atoms with Gasteiger partial charge in [0.2, 0.25) is 0 Å². The maximum absolute atomic E-state index is 13.1. The van der Waals surface area contributed by atoms with Crippen LogP contribution in [-0.2, 0) is 9.59 Å². The number of nitro groups is 1. The van der Waals surface area contributed by atoms with Gasteiger partial charge >= 0.3 is 0 Å². The lowest BCUT2D eigenvalue weighted by Gasteiger charge is -2.27. The highest BCUT2D eigenvalue weighted by Gasteiger charge is 2.46. The number of aliphatic hydroxyl groups is 1. The Morgan fingerprint density at radius 3 is 2.22 bits per heavy atom. The van der Waals surface area contributed by atoms with Crippen LogP contribution >= 0.6 is 0 Å². The first-order valence-electron chi connectivity index (χ1n) is 12.6. The Morgan fingerprint density at radius 1 is 1.03 bits per heavy atom. The number of non-ortho nitro benzene ring substituents is 1. The van der Waals surface area contributed by atoms with Crippen LogP contribution in [0, 0.1) is 10.1 Å². The first-order chi connectivity index (χ1) is 17.4. The van der Waals surface area contributed by atoms with E-state index in [9.17, 15) is 24.8 Å². The van der Waals surface area contributed by atoms with Gasteiger partial charge in [0.15, 0.2) is 0 Å². The molecule has 2 heterocycles. The Kier molecular flexibility index (Phi) is 9.69. The number of benzene rings is 1. The first kappa shape index (κ1) is 27.0. The number of nitrogens with zero attached hydrogens (tertiary/aromatic N) is 4. The van der Waals surface area contributed by atoms with Crippen LogP contribution in [-0.4, -0.2) is 62.7 Å². The number of pyridine rings is 1. The van der Waals surface area contributed by atoms with Gasteiger partial charge in [-0.25, -0.2) is 0 Å². The molecule has 1 aliphatic rings. The standard InChI is InChI=1S/C27H34N4O5/c1-3-5-16-29(17-6-4-2)18-9-19-30-24(22-10-7-8-15-28-22)23(26(33)27(30)34)25(32)20-11-13-21(14-12-20)31(35)36/h7-8,10-15,24,32H,3-6,9,16-19H2,1-2H3/b25-23-. The number of ketones is 1. The third kappa shape index (κ3) is 6.34. The van der Waals surface area contributed by atoms with Crippen LogP contribution in [0.15, 0.2) is 54.2 Å². The number of aromatic nitrogens is 1. The number of aliphatic hydroxyl groups excluding tert-OH is 1. The maximum Gasteiger partial charge on any atom is 0.295 e. The van der Waals surface area contributed by atoms with E-state index >= 15 is 0 Å². The number of Topliss-reactive ketones (excluding diaryl/α,β-unsaturated/α-hetero) is 1. The van der Waals surface area contributed by atoms with Crippen molar-refractivity contribution < 1.29 is 19.6 Å². The van der Waals surface area contributed by atoms with Crippen molar-refractivity contribution in [3.8, 4) is 0 Å². The smallest absolute Gasteiger partial charge is 0.295 e. The molecule has 1 saturated heterocycles. The molecule has 9 heteroatoms. The number of hydrogen-bond acceptors (Lipinski definition) is 7. The summed E-state index contributed by atoms with van der Waals surface area (Å²) in [5, 5.41) is 22.1. The molecular formula is C27H34N4O5. The van der Waals surface area contributed by atoms with Gasteiger partial charge in [-0.2, -0.15) is 0 Å². The lowest BCUT2D eigenvalue weighted by molar-refractivity contribution is -0.384. The predicted octanol–water partition coefficient (Wildman–Crippen LogP) is 4.70. The maximum atomic E-state index is 13.1. The monoisotopic (exact) mass is 494 g/mol. The molecule has 1 fully saturated rings. The largest absolute Gasteiger partial charge is 0.507 e. The normalized spacial score (nSPS) is 17.2. The number of unbranched alkanes of at least 4 members (excludes halogenated alkanes) is 2. The lowest BCUT2D eigenvalue weighted by Crippen LogP contribution is -2.34. The van der Waals surface area contributed by atoms with E-state index in [4.69, 9.17) is 0 Å². The number of likely N-dealkylation sites (tertiary alicyclic amines) is 1. The van der Waals surface area contributed by atoms with E-state index in [0.717, 1.165) is 45.3 Å². The number of amides is 1. The van der Waals surface area contributed by atoms with Crippen LogP contribution in [0.2, 0.25) is 0 Å². The quantitative estimate of drug-likeness (QED) is 0.141. The van der Waals surface area contributed by atoms with Crippen LogP contribution in [0.25, 0.3) is 5.76 Å². The molecular weight excluding hydrogens is 460 g/mol. The zero-order chi connectivity index (χ0) is 26.1. The first-order valence-corrected chi connectivity index (χ1v) is 12.6. The minimum atomic E-state index is -0.832. The van der Waals surface area contributed by atoms with Gasteiger partial charge in [-0.1, -0.05) is 32.8 Å². The predicted molar refractivity (Wildman–Crippen MR) is 137 cm³/mol. The van der Waals surface area contributed by atoms with Crippen LogP contribution in [0.1, 0.15) is 63.3 Å². The summed E-state index contributed by atoms with van der Waals surface area (Å²) >= 11 is 0. The van der Waals surface area contributed by atoms with E-state index in [0.29, 0.717) is 18.7 Å². The van der Waals surface area contributed by atoms with Crippen molar-refractivity contribution in [3.63, 3.8) is 0 Å². The second-order valence-corrected chi connectivity index (χ2v) is 8.95. The number of hydrogen-bond donors (Lipinski definition) is 1. The van der Waals surface area contributed by atoms with Gasteiger partial charge in [-0.05, 0) is 63.2 Å². The fourth-order valence-electron chi connectivity index (χ4n) is 4.42. The zero-order valence-electron chi connectivity index (χ0n) is 20.9. The van der Waals surface area contributed by atoms with Crippen molar-refractivity contribution in [2.24, 2.45) is 0 Å². The van der Waals surface area contributed by atoms with E-state index in [1.807, 2.05) is 0 Å². The van der Waals surface area contributed by atoms with Crippen LogP contribution < -0.4 is 0 Å². The lowest BCUT2D eigenvalue weighted by atomic mass is 9.98. The molecule has 36 heavy (non-hydrogen) atoms. The molecule has 0 spiro atoms. The topological polar surface area (TPSA) is 117 Å². The molecule has 192 valence electrons. The highest BCUT2D eigenvalue weighted by Crippen LogP contribution is 2.38. The van der Waals surface area contributed by atoms with Crippen LogP contribution in [0.3, 0.4) is 0 Å². The second kappa shape index (κ2) is 12.9. The van der Waals surface area contributed by atoms with E-state index < -0.39 is 22.7 Å². The summed E-state index contributed by atoms with van der Waals surface area (Å²) in [7, 11) is 0. The average molecular weight is 495 g/mol. The van der Waals surface area contributed by atoms with Gasteiger partial charge in [-0.3, -0.25) is 24.7 Å². The Balaban J connectivity index is 1.89. The van der Waals surface area contributed by atoms with Crippen LogP contribution in [0.5, 0.6) is 0 Å². The summed E-state index contributed by atoms with van der Waals surface area (Å²) in [4.78, 5) is 44.9. The van der Waals surface area contributed by atoms with Gasteiger partial charge in [-0.15, -0.1) is 0 Å². The van der Waals surface area contributed by atoms with Crippen molar-refractivity contribution in [1.82, 2.24) is 14.8 Å². The molecule has 0 bridgehead atoms. The molecule has 3 rings (SSSR count). The number of carbonyl (C=O) groups is 2. The summed E-state index contributed by atoms with van der Waals surface area (Å²) < 4.78 is 0. The number of nitro benzene ring substituents is 1. The molecule has 1 amide bonds. The zero-order valence-corrected chi connectivity index (χ0v) is 20.9. The van der Waals surface area contributed by atoms with E-state index in [1.54, 1.807) is 24.4 Å². The molecule has 1 aromatic heterocycles. The van der Waals surface area contributed by atoms with Gasteiger partial charge in [0, 0.05) is 30.4 Å². The highest BCUT2D eigenvalue weighted by molar-refractivity contribution is 6.46. The van der Waals surface area contributed by atoms with Gasteiger partial charge in [0.1, 0.15) is 11.8 Å². The molecule has 1 atom stereocenters. The summed E-state index contributed by atoms with van der Waals surface area (Å²) in [5.74, 6) is -1.83. The Labute approximate surface area is 211 Å². The van der Waals surface area contributed by atoms with Gasteiger partial charge in [0.05, 0.1) is 16.2 Å². The number of carbonyl (C=O) groups excluding carboxylic acids is 2. The fourth-order valence-corrected chi connectivity index (χ4v) is 4.42. The van der Waals surface area contributed by atoms with Gasteiger partial charge < -0.3 is 14.9 Å². The van der Waals surface area contributed by atoms with Crippen molar-refractivity contribution in [2.45, 2.75) is 52.0 Å². The van der Waals surface area contributed by atoms with Gasteiger partial charge in [0.25, 0.3) is 17.4 Å². The summed E-state index contributed by atoms with van der Waals surface area (Å²) in [6, 6.07) is 9.65. The van der Waals surface area contributed by atoms with Crippen molar-refractivity contribution in [3.05, 3.63) is 75.6 Å². The van der Waals surface area contributed by atoms with Crippen molar-refractivity contribution >= 4 is 23.1 Å². The molecule has 2 aromatic rings. The summed E-state index contributed by atoms with van der Waals surface area (Å²) in [5.41, 5.74) is 0.518. The third-order valence-electron chi connectivity index (χ3n) is 6.39. The third-order valence-corrected chi connectivity index (χ3v) is 6.39. The highest BCUT2D eigenvalue weighted by atomic mass is 16.6. The van der Waals surface area contributed by atoms with Crippen LogP contribution in [0.4, 0.5) is 5.69 Å². The molecule has 1 aromatic carbocycles. The molecule has 1 N–H and O–H groups in total. The second-order valence-electron chi connectivity index (χ2n) is 8.95. The average Bonchev–Trinajstić information content (AvgIpc) is 3.15. The Morgan fingerprint density at radius 2 is 1.67 bits per heavy atom. The number of rotatable bonds is 13. The Bertz CT molecular complexity index is 1080. The fraction of sp³-hybridized carbons (Fsp3) is 0.444. The summed E-state index contributed by atoms with van der Waals surface area (Å²) in [6.07, 6.45) is 6.70. The SMILES string of the molecule is CCCCN(CCCC)CCCN1C(=O)C(=O)/C(=C(\O)c2ccc([N+](=O)[O-])cc2)C1c1ccccn1. The molecule has 1 unspecified atom stereocenters. The molecule has 0 aliphatic carbocycles. The minimum Gasteiger partial charge on any atom is -0.507 e. The van der Waals surface area contributed by atoms with Crippen molar-refractivity contribution in [1.29, 1.82) is 0 Å². The molecule has 9 nitrogen and oxygen atoms in total. The van der Waals surface area contributed by atoms with E-state index in [1.165, 1.54) is 29.2 Å².